The zero-order valence-electron chi connectivity index (χ0n) is 9.05. The van der Waals surface area contributed by atoms with E-state index >= 15 is 0 Å². The summed E-state index contributed by atoms with van der Waals surface area (Å²) in [6.07, 6.45) is 3.66. The highest BCUT2D eigenvalue weighted by atomic mass is 16.5. The molecule has 3 N–H and O–H groups in total. The molecule has 1 saturated carbocycles. The fourth-order valence-corrected chi connectivity index (χ4v) is 2.85. The van der Waals surface area contributed by atoms with Crippen molar-refractivity contribution < 1.29 is 4.74 Å². The number of aromatic amines is 1. The van der Waals surface area contributed by atoms with Gasteiger partial charge in [0.1, 0.15) is 5.82 Å². The molecule has 1 spiro atoms. The lowest BCUT2D eigenvalue weighted by Crippen LogP contribution is -2.18. The normalized spacial score (nSPS) is 28.2. The Morgan fingerprint density at radius 3 is 2.80 bits per heavy atom. The fraction of sp³-hybridized carbons (Fsp3) is 0.727. The maximum absolute atomic E-state index is 5.76. The van der Waals surface area contributed by atoms with Crippen molar-refractivity contribution in [3.8, 4) is 0 Å². The van der Waals surface area contributed by atoms with Gasteiger partial charge in [-0.05, 0) is 31.6 Å². The average Bonchev–Trinajstić information content (AvgIpc) is 2.82. The van der Waals surface area contributed by atoms with Crippen LogP contribution in [0.2, 0.25) is 0 Å². The van der Waals surface area contributed by atoms with Gasteiger partial charge in [0.2, 0.25) is 0 Å². The molecule has 0 bridgehead atoms. The Labute approximate surface area is 89.2 Å². The van der Waals surface area contributed by atoms with Crippen LogP contribution in [0.4, 0.5) is 5.82 Å². The molecule has 1 aromatic rings. The first-order valence-corrected chi connectivity index (χ1v) is 5.61. The summed E-state index contributed by atoms with van der Waals surface area (Å²) in [5, 5.41) is 7.17. The highest BCUT2D eigenvalue weighted by molar-refractivity contribution is 5.44. The number of hydrogen-bond donors (Lipinski definition) is 2. The van der Waals surface area contributed by atoms with Crippen molar-refractivity contribution >= 4 is 5.82 Å². The third kappa shape index (κ3) is 1.28. The van der Waals surface area contributed by atoms with Gasteiger partial charge in [-0.25, -0.2) is 0 Å². The number of ether oxygens (including phenoxy) is 1. The van der Waals surface area contributed by atoms with Crippen molar-refractivity contribution in [2.24, 2.45) is 5.41 Å². The number of nitrogens with two attached hydrogens (primary N) is 1. The number of nitrogen functional groups attached to an aromatic ring is 1. The number of nitrogens with one attached hydrogen (secondary N) is 1. The van der Waals surface area contributed by atoms with Crippen molar-refractivity contribution in [2.75, 3.05) is 18.9 Å². The number of H-pyrrole nitrogens is 1. The first kappa shape index (κ1) is 9.21. The molecule has 1 saturated heterocycles. The first-order valence-electron chi connectivity index (χ1n) is 5.61. The van der Waals surface area contributed by atoms with Crippen LogP contribution in [0.3, 0.4) is 0 Å². The molecule has 4 heteroatoms. The summed E-state index contributed by atoms with van der Waals surface area (Å²) in [5.41, 5.74) is 8.66. The van der Waals surface area contributed by atoms with E-state index in [1.165, 1.54) is 25.0 Å². The van der Waals surface area contributed by atoms with E-state index in [4.69, 9.17) is 10.5 Å². The Bertz CT molecular complexity index is 379. The number of hydrogen-bond acceptors (Lipinski definition) is 3. The Balaban J connectivity index is 1.83. The predicted octanol–water partition coefficient (Wildman–Crippen LogP) is 1.58. The van der Waals surface area contributed by atoms with Gasteiger partial charge in [-0.1, -0.05) is 0 Å². The van der Waals surface area contributed by atoms with E-state index in [2.05, 4.69) is 17.1 Å². The molecule has 2 heterocycles. The smallest absolute Gasteiger partial charge is 0.148 e. The maximum atomic E-state index is 5.76. The topological polar surface area (TPSA) is 63.9 Å². The highest BCUT2D eigenvalue weighted by Crippen LogP contribution is 2.64. The lowest BCUT2D eigenvalue weighted by atomic mass is 9.92. The number of rotatable bonds is 1. The Morgan fingerprint density at radius 1 is 1.47 bits per heavy atom. The van der Waals surface area contributed by atoms with E-state index < -0.39 is 0 Å². The summed E-state index contributed by atoms with van der Waals surface area (Å²) in [6, 6.07) is 0. The van der Waals surface area contributed by atoms with Crippen LogP contribution in [-0.2, 0) is 4.74 Å². The second-order valence-corrected chi connectivity index (χ2v) is 4.88. The number of anilines is 1. The van der Waals surface area contributed by atoms with Gasteiger partial charge in [0.05, 0.1) is 0 Å². The summed E-state index contributed by atoms with van der Waals surface area (Å²) in [4.78, 5) is 0. The molecule has 1 aliphatic carbocycles. The van der Waals surface area contributed by atoms with E-state index in [9.17, 15) is 0 Å². The second-order valence-electron chi connectivity index (χ2n) is 4.88. The highest BCUT2D eigenvalue weighted by Gasteiger charge is 2.56. The minimum Gasteiger partial charge on any atom is -0.382 e. The van der Waals surface area contributed by atoms with Crippen LogP contribution < -0.4 is 5.73 Å². The molecule has 2 fully saturated rings. The summed E-state index contributed by atoms with van der Waals surface area (Å²) >= 11 is 0. The predicted molar refractivity (Wildman–Crippen MR) is 57.6 cm³/mol. The quantitative estimate of drug-likeness (QED) is 0.735. The van der Waals surface area contributed by atoms with Gasteiger partial charge >= 0.3 is 0 Å². The Kier molecular flexibility index (Phi) is 1.83. The van der Waals surface area contributed by atoms with Crippen LogP contribution in [0.15, 0.2) is 0 Å². The zero-order valence-corrected chi connectivity index (χ0v) is 9.05. The molecular weight excluding hydrogens is 190 g/mol. The molecule has 0 aromatic carbocycles. The maximum Gasteiger partial charge on any atom is 0.148 e. The van der Waals surface area contributed by atoms with Crippen molar-refractivity contribution in [1.82, 2.24) is 10.2 Å². The van der Waals surface area contributed by atoms with Gasteiger partial charge in [-0.2, -0.15) is 5.10 Å². The molecule has 4 nitrogen and oxygen atoms in total. The largest absolute Gasteiger partial charge is 0.382 e. The van der Waals surface area contributed by atoms with E-state index in [1.807, 2.05) is 0 Å². The van der Waals surface area contributed by atoms with Gasteiger partial charge in [0.25, 0.3) is 0 Å². The van der Waals surface area contributed by atoms with Crippen LogP contribution in [0, 0.1) is 12.3 Å². The molecule has 0 amide bonds. The third-order valence-electron chi connectivity index (χ3n) is 4.11. The molecule has 3 rings (SSSR count). The molecule has 15 heavy (non-hydrogen) atoms. The Morgan fingerprint density at radius 2 is 2.20 bits per heavy atom. The molecule has 0 radical (unpaired) electrons. The second kappa shape index (κ2) is 2.98. The monoisotopic (exact) mass is 207 g/mol. The Hall–Kier alpha value is -1.03. The molecule has 1 atom stereocenters. The van der Waals surface area contributed by atoms with Crippen LogP contribution >= 0.6 is 0 Å². The van der Waals surface area contributed by atoms with Crippen LogP contribution in [0.25, 0.3) is 0 Å². The van der Waals surface area contributed by atoms with E-state index in [0.717, 1.165) is 18.8 Å². The van der Waals surface area contributed by atoms with Gasteiger partial charge in [0.15, 0.2) is 0 Å². The molecule has 82 valence electrons. The van der Waals surface area contributed by atoms with E-state index in [-0.39, 0.29) is 0 Å². The van der Waals surface area contributed by atoms with Gasteiger partial charge in [0, 0.05) is 30.4 Å². The van der Waals surface area contributed by atoms with E-state index in [1.54, 1.807) is 0 Å². The number of aromatic nitrogens is 2. The van der Waals surface area contributed by atoms with Crippen molar-refractivity contribution in [2.45, 2.75) is 32.1 Å². The van der Waals surface area contributed by atoms with Gasteiger partial charge < -0.3 is 10.5 Å². The van der Waals surface area contributed by atoms with Crippen molar-refractivity contribution in [1.29, 1.82) is 0 Å². The summed E-state index contributed by atoms with van der Waals surface area (Å²) in [5.74, 6) is 1.30. The molecule has 2 aliphatic rings. The standard InChI is InChI=1S/C11H17N3O/c1-7-9(13-14-10(7)12)8-6-11(8)2-4-15-5-3-11/h8H,2-6H2,1H3,(H3,12,13,14). The first-order chi connectivity index (χ1) is 7.23. The lowest BCUT2D eigenvalue weighted by Gasteiger charge is -2.22. The zero-order chi connectivity index (χ0) is 10.5. The summed E-state index contributed by atoms with van der Waals surface area (Å²) < 4.78 is 5.41. The minimum atomic E-state index is 0.502. The van der Waals surface area contributed by atoms with Crippen LogP contribution in [0.5, 0.6) is 0 Å². The SMILES string of the molecule is Cc1c(N)n[nH]c1C1CC12CCOCC2. The van der Waals surface area contributed by atoms with Gasteiger partial charge in [-0.15, -0.1) is 0 Å². The molecule has 1 aromatic heterocycles. The van der Waals surface area contributed by atoms with E-state index in [0.29, 0.717) is 17.2 Å². The van der Waals surface area contributed by atoms with Crippen LogP contribution in [0.1, 0.15) is 36.4 Å². The summed E-state index contributed by atoms with van der Waals surface area (Å²) in [6.45, 7) is 3.89. The van der Waals surface area contributed by atoms with Crippen molar-refractivity contribution in [3.63, 3.8) is 0 Å². The fourth-order valence-electron chi connectivity index (χ4n) is 2.85. The van der Waals surface area contributed by atoms with Crippen LogP contribution in [-0.4, -0.2) is 23.4 Å². The minimum absolute atomic E-state index is 0.502. The average molecular weight is 207 g/mol. The molecular formula is C11H17N3O. The van der Waals surface area contributed by atoms with Gasteiger partial charge in [-0.3, -0.25) is 5.10 Å². The molecule has 1 aliphatic heterocycles. The third-order valence-corrected chi connectivity index (χ3v) is 4.11. The van der Waals surface area contributed by atoms with Crippen molar-refractivity contribution in [3.05, 3.63) is 11.3 Å². The number of nitrogens with zero attached hydrogens (tertiary/aromatic N) is 1. The lowest BCUT2D eigenvalue weighted by molar-refractivity contribution is 0.0555. The summed E-state index contributed by atoms with van der Waals surface area (Å²) in [7, 11) is 0. The molecule has 1 unspecified atom stereocenters.